The fraction of sp³-hybridized carbons (Fsp3) is 0. The number of fused-ring (bicyclic) bond motifs is 9. The maximum absolute atomic E-state index is 5.19. The van der Waals surface area contributed by atoms with E-state index < -0.39 is 0 Å². The zero-order chi connectivity index (χ0) is 37.5. The first kappa shape index (κ1) is 31.5. The van der Waals surface area contributed by atoms with Crippen molar-refractivity contribution in [3.8, 4) is 40.1 Å². The summed E-state index contributed by atoms with van der Waals surface area (Å²) in [5.74, 6) is 1.82. The molecule has 12 rings (SSSR count). The summed E-state index contributed by atoms with van der Waals surface area (Å²) in [6.45, 7) is 0. The van der Waals surface area contributed by atoms with Crippen molar-refractivity contribution in [3.63, 3.8) is 0 Å². The molecule has 0 aliphatic heterocycles. The molecule has 0 radical (unpaired) electrons. The topological polar surface area (TPSA) is 53.5 Å². The predicted molar refractivity (Wildman–Crippen MR) is 234 cm³/mol. The van der Waals surface area contributed by atoms with E-state index in [1.54, 1.807) is 0 Å². The summed E-state index contributed by atoms with van der Waals surface area (Å²) < 4.78 is 7.00. The summed E-state index contributed by atoms with van der Waals surface area (Å²) in [6.07, 6.45) is 0. The Kier molecular flexibility index (Phi) is 6.83. The van der Waals surface area contributed by atoms with E-state index in [1.807, 2.05) is 60.7 Å². The lowest BCUT2D eigenvalue weighted by Crippen LogP contribution is -2.06. The van der Waals surface area contributed by atoms with E-state index in [0.717, 1.165) is 55.3 Å². The minimum absolute atomic E-state index is 0.571. The lowest BCUT2D eigenvalue weighted by atomic mass is 10.1. The number of aromatic nitrogens is 6. The third kappa shape index (κ3) is 4.81. The van der Waals surface area contributed by atoms with Crippen molar-refractivity contribution in [1.29, 1.82) is 0 Å². The summed E-state index contributed by atoms with van der Waals surface area (Å²) in [5.41, 5.74) is 10.7. The molecule has 0 atom stereocenters. The van der Waals surface area contributed by atoms with Gasteiger partial charge in [0.25, 0.3) is 0 Å². The molecule has 0 unspecified atom stereocenters. The largest absolute Gasteiger partial charge is 0.309 e. The normalized spacial score (nSPS) is 11.9. The molecule has 0 N–H and O–H groups in total. The van der Waals surface area contributed by atoms with Gasteiger partial charge in [-0.25, -0.2) is 4.98 Å². The van der Waals surface area contributed by atoms with Gasteiger partial charge in [-0.05, 0) is 48.5 Å². The first-order valence-corrected chi connectivity index (χ1v) is 19.2. The van der Waals surface area contributed by atoms with E-state index in [4.69, 9.17) is 15.0 Å². The highest BCUT2D eigenvalue weighted by atomic mass is 15.2. The minimum Gasteiger partial charge on any atom is -0.309 e. The van der Waals surface area contributed by atoms with Gasteiger partial charge in [0.1, 0.15) is 0 Å². The predicted octanol–water partition coefficient (Wildman–Crippen LogP) is 12.5. The molecule has 4 heterocycles. The van der Waals surface area contributed by atoms with Gasteiger partial charge in [-0.15, -0.1) is 0 Å². The second kappa shape index (κ2) is 12.3. The van der Waals surface area contributed by atoms with Crippen LogP contribution < -0.4 is 0 Å². The van der Waals surface area contributed by atoms with Gasteiger partial charge in [-0.1, -0.05) is 146 Å². The van der Waals surface area contributed by atoms with Crippen LogP contribution in [-0.4, -0.2) is 28.7 Å². The number of hydrogen-bond acceptors (Lipinski definition) is 3. The van der Waals surface area contributed by atoms with Crippen LogP contribution in [0.25, 0.3) is 106 Å². The number of benzene rings is 8. The van der Waals surface area contributed by atoms with Crippen molar-refractivity contribution in [2.24, 2.45) is 0 Å². The molecule has 0 amide bonds. The molecule has 8 aromatic carbocycles. The van der Waals surface area contributed by atoms with Crippen LogP contribution in [0.3, 0.4) is 0 Å². The molecule has 266 valence electrons. The lowest BCUT2D eigenvalue weighted by Gasteiger charge is -2.13. The van der Waals surface area contributed by atoms with Crippen molar-refractivity contribution in [1.82, 2.24) is 28.7 Å². The number of hydrogen-bond donors (Lipinski definition) is 0. The van der Waals surface area contributed by atoms with Crippen molar-refractivity contribution in [2.75, 3.05) is 0 Å². The molecule has 6 nitrogen and oxygen atoms in total. The van der Waals surface area contributed by atoms with Gasteiger partial charge in [0.05, 0.1) is 33.1 Å². The molecule has 57 heavy (non-hydrogen) atoms. The smallest absolute Gasteiger partial charge is 0.238 e. The summed E-state index contributed by atoms with van der Waals surface area (Å²) in [5, 5.41) is 7.17. The summed E-state index contributed by atoms with van der Waals surface area (Å²) in [4.78, 5) is 15.4. The molecule has 12 aromatic rings. The molecule has 0 bridgehead atoms. The van der Waals surface area contributed by atoms with Gasteiger partial charge in [0.2, 0.25) is 5.95 Å². The number of para-hydroxylation sites is 4. The molecular weight excluding hydrogens is 697 g/mol. The van der Waals surface area contributed by atoms with Crippen molar-refractivity contribution in [2.45, 2.75) is 0 Å². The monoisotopic (exact) mass is 728 g/mol. The standard InChI is InChI=1S/C51H32N6/c1-3-15-33(16-4-1)49-52-50(34-17-5-2-6-18-34)54-51(53-49)57-46-26-14-10-22-40(46)42-30-28-36(32-48(42)57)56-45-25-13-9-21-39(45)41-29-27-35(31-47(41)56)55-43-23-11-7-19-37(43)38-20-8-12-24-44(38)55/h1-32H. The molecule has 0 spiro atoms. The van der Waals surface area contributed by atoms with Crippen molar-refractivity contribution >= 4 is 65.4 Å². The van der Waals surface area contributed by atoms with E-state index >= 15 is 0 Å². The highest BCUT2D eigenvalue weighted by Gasteiger charge is 2.21. The zero-order valence-corrected chi connectivity index (χ0v) is 30.7. The second-order valence-electron chi connectivity index (χ2n) is 14.5. The van der Waals surface area contributed by atoms with Gasteiger partial charge in [0.15, 0.2) is 11.6 Å². The van der Waals surface area contributed by atoms with E-state index in [0.29, 0.717) is 17.6 Å². The van der Waals surface area contributed by atoms with Crippen LogP contribution in [0.15, 0.2) is 194 Å². The van der Waals surface area contributed by atoms with Gasteiger partial charge in [-0.2, -0.15) is 9.97 Å². The highest BCUT2D eigenvalue weighted by Crippen LogP contribution is 2.39. The Morgan fingerprint density at radius 2 is 0.596 bits per heavy atom. The maximum atomic E-state index is 5.19. The van der Waals surface area contributed by atoms with Crippen molar-refractivity contribution < 1.29 is 0 Å². The Morgan fingerprint density at radius 3 is 1.04 bits per heavy atom. The van der Waals surface area contributed by atoms with E-state index in [-0.39, 0.29) is 0 Å². The molecule has 0 fully saturated rings. The van der Waals surface area contributed by atoms with Crippen LogP contribution in [0, 0.1) is 0 Å². The number of nitrogens with zero attached hydrogens (tertiary/aromatic N) is 6. The average molecular weight is 729 g/mol. The summed E-state index contributed by atoms with van der Waals surface area (Å²) in [7, 11) is 0. The molecule has 0 aliphatic carbocycles. The molecular formula is C51H32N6. The molecule has 6 heteroatoms. The summed E-state index contributed by atoms with van der Waals surface area (Å²) >= 11 is 0. The van der Waals surface area contributed by atoms with Gasteiger partial charge < -0.3 is 9.13 Å². The van der Waals surface area contributed by atoms with Crippen LogP contribution in [0.1, 0.15) is 0 Å². The van der Waals surface area contributed by atoms with Crippen molar-refractivity contribution in [3.05, 3.63) is 194 Å². The van der Waals surface area contributed by atoms with Crippen LogP contribution in [-0.2, 0) is 0 Å². The number of rotatable bonds is 5. The van der Waals surface area contributed by atoms with Gasteiger partial charge in [-0.3, -0.25) is 4.57 Å². The minimum atomic E-state index is 0.571. The zero-order valence-electron chi connectivity index (χ0n) is 30.7. The van der Waals surface area contributed by atoms with E-state index in [9.17, 15) is 0 Å². The van der Waals surface area contributed by atoms with Crippen LogP contribution in [0.4, 0.5) is 0 Å². The quantitative estimate of drug-likeness (QED) is 0.177. The molecule has 0 saturated carbocycles. The fourth-order valence-corrected chi connectivity index (χ4v) is 8.79. The van der Waals surface area contributed by atoms with E-state index in [1.165, 1.54) is 32.6 Å². The van der Waals surface area contributed by atoms with Crippen LogP contribution >= 0.6 is 0 Å². The maximum Gasteiger partial charge on any atom is 0.238 e. The Hall–Kier alpha value is -7.83. The molecule has 0 aliphatic rings. The third-order valence-electron chi connectivity index (χ3n) is 11.3. The molecule has 0 saturated heterocycles. The SMILES string of the molecule is c1ccc(-c2nc(-c3ccccc3)nc(-n3c4ccccc4c4ccc(-n5c6ccccc6c6ccc(-n7c8ccccc8c8ccccc87)cc65)cc43)n2)cc1. The Labute approximate surface area is 327 Å². The van der Waals surface area contributed by atoms with Crippen LogP contribution in [0.5, 0.6) is 0 Å². The van der Waals surface area contributed by atoms with Gasteiger partial charge in [0, 0.05) is 54.8 Å². The Bertz CT molecular complexity index is 3410. The Morgan fingerprint density at radius 1 is 0.263 bits per heavy atom. The Balaban J connectivity index is 1.13. The first-order chi connectivity index (χ1) is 28.3. The third-order valence-corrected chi connectivity index (χ3v) is 11.3. The average Bonchev–Trinajstić information content (AvgIpc) is 3.92. The lowest BCUT2D eigenvalue weighted by molar-refractivity contribution is 0.953. The first-order valence-electron chi connectivity index (χ1n) is 19.2. The summed E-state index contributed by atoms with van der Waals surface area (Å²) in [6, 6.07) is 68.6. The molecule has 4 aromatic heterocycles. The fourth-order valence-electron chi connectivity index (χ4n) is 8.79. The highest BCUT2D eigenvalue weighted by molar-refractivity contribution is 6.13. The van der Waals surface area contributed by atoms with Gasteiger partial charge >= 0.3 is 0 Å². The van der Waals surface area contributed by atoms with Crippen LogP contribution in [0.2, 0.25) is 0 Å². The van der Waals surface area contributed by atoms with E-state index in [2.05, 4.69) is 147 Å². The second-order valence-corrected chi connectivity index (χ2v) is 14.5.